The number of aromatic nitrogens is 2. The molecule has 146 valence electrons. The van der Waals surface area contributed by atoms with E-state index in [4.69, 9.17) is 9.47 Å². The maximum absolute atomic E-state index is 12.7. The zero-order valence-electron chi connectivity index (χ0n) is 16.4. The summed E-state index contributed by atoms with van der Waals surface area (Å²) in [5.41, 5.74) is 0.913. The Bertz CT molecular complexity index is 766. The van der Waals surface area contributed by atoms with Gasteiger partial charge in [0, 0.05) is 25.9 Å². The smallest absolute Gasteiger partial charge is 0.220 e. The molecule has 6 heteroatoms. The van der Waals surface area contributed by atoms with Crippen molar-refractivity contribution in [3.8, 4) is 11.5 Å². The maximum atomic E-state index is 12.7. The average molecular weight is 371 g/mol. The monoisotopic (exact) mass is 371 g/mol. The van der Waals surface area contributed by atoms with Gasteiger partial charge in [-0.1, -0.05) is 31.7 Å². The number of methoxy groups -OCH3 is 2. The Balaban J connectivity index is 1.79. The predicted molar refractivity (Wildman–Crippen MR) is 104 cm³/mol. The van der Waals surface area contributed by atoms with Gasteiger partial charge in [-0.25, -0.2) is 4.98 Å². The van der Waals surface area contributed by atoms with E-state index in [-0.39, 0.29) is 11.9 Å². The highest BCUT2D eigenvalue weighted by atomic mass is 16.5. The van der Waals surface area contributed by atoms with E-state index >= 15 is 0 Å². The molecule has 0 bridgehead atoms. The minimum absolute atomic E-state index is 0.0599. The first-order valence-corrected chi connectivity index (χ1v) is 9.61. The largest absolute Gasteiger partial charge is 0.493 e. The van der Waals surface area contributed by atoms with Crippen LogP contribution in [0.2, 0.25) is 0 Å². The minimum Gasteiger partial charge on any atom is -0.493 e. The Hall–Kier alpha value is -2.50. The zero-order chi connectivity index (χ0) is 19.2. The van der Waals surface area contributed by atoms with Crippen LogP contribution in [0, 0.1) is 5.92 Å². The normalized spacial score (nSPS) is 15.5. The number of imidazole rings is 1. The Kier molecular flexibility index (Phi) is 6.37. The number of carbonyl (C=O) groups is 1. The third-order valence-corrected chi connectivity index (χ3v) is 5.42. The molecule has 0 spiro atoms. The van der Waals surface area contributed by atoms with Crippen molar-refractivity contribution in [1.82, 2.24) is 14.9 Å². The zero-order valence-corrected chi connectivity index (χ0v) is 16.4. The summed E-state index contributed by atoms with van der Waals surface area (Å²) in [7, 11) is 5.15. The van der Waals surface area contributed by atoms with E-state index in [0.717, 1.165) is 17.8 Å². The van der Waals surface area contributed by atoms with Crippen LogP contribution in [0.1, 0.15) is 56.0 Å². The van der Waals surface area contributed by atoms with E-state index in [2.05, 4.69) is 10.3 Å². The summed E-state index contributed by atoms with van der Waals surface area (Å²) >= 11 is 0. The summed E-state index contributed by atoms with van der Waals surface area (Å²) in [6, 6.07) is 5.36. The number of hydrogen-bond acceptors (Lipinski definition) is 4. The van der Waals surface area contributed by atoms with E-state index in [0.29, 0.717) is 23.8 Å². The van der Waals surface area contributed by atoms with E-state index < -0.39 is 0 Å². The third kappa shape index (κ3) is 4.62. The van der Waals surface area contributed by atoms with Crippen LogP contribution in [0.4, 0.5) is 0 Å². The number of hydrogen-bond donors (Lipinski definition) is 1. The lowest BCUT2D eigenvalue weighted by Crippen LogP contribution is -2.31. The molecule has 1 fully saturated rings. The van der Waals surface area contributed by atoms with Gasteiger partial charge in [0.05, 0.1) is 14.2 Å². The number of nitrogens with zero attached hydrogens (tertiary/aromatic N) is 2. The molecular weight excluding hydrogens is 342 g/mol. The van der Waals surface area contributed by atoms with Crippen LogP contribution in [0.3, 0.4) is 0 Å². The summed E-state index contributed by atoms with van der Waals surface area (Å²) in [6.07, 6.45) is 10.3. The Morgan fingerprint density at radius 3 is 2.63 bits per heavy atom. The molecule has 1 saturated carbocycles. The highest BCUT2D eigenvalue weighted by Gasteiger charge is 2.23. The lowest BCUT2D eigenvalue weighted by molar-refractivity contribution is -0.121. The van der Waals surface area contributed by atoms with Gasteiger partial charge in [-0.2, -0.15) is 0 Å². The first-order valence-electron chi connectivity index (χ1n) is 9.61. The van der Waals surface area contributed by atoms with Crippen LogP contribution >= 0.6 is 0 Å². The molecular formula is C21H29N3O3. The fourth-order valence-corrected chi connectivity index (χ4v) is 3.85. The fraction of sp³-hybridized carbons (Fsp3) is 0.524. The van der Waals surface area contributed by atoms with Crippen LogP contribution in [0.5, 0.6) is 11.5 Å². The molecule has 2 aromatic rings. The SMILES string of the molecule is COc1ccc([C@@H](NC(=O)CCC2CCCC2)c2nccn2C)cc1OC. The molecule has 1 aromatic carbocycles. The number of carbonyl (C=O) groups excluding carboxylic acids is 1. The second kappa shape index (κ2) is 8.93. The van der Waals surface area contributed by atoms with Crippen LogP contribution < -0.4 is 14.8 Å². The van der Waals surface area contributed by atoms with Gasteiger partial charge in [0.1, 0.15) is 11.9 Å². The summed E-state index contributed by atoms with van der Waals surface area (Å²) in [6.45, 7) is 0. The summed E-state index contributed by atoms with van der Waals surface area (Å²) < 4.78 is 12.7. The van der Waals surface area contributed by atoms with E-state index in [1.54, 1.807) is 20.4 Å². The Morgan fingerprint density at radius 2 is 2.00 bits per heavy atom. The number of nitrogens with one attached hydrogen (secondary N) is 1. The molecule has 0 saturated heterocycles. The topological polar surface area (TPSA) is 65.4 Å². The van der Waals surface area contributed by atoms with Crippen molar-refractivity contribution in [2.24, 2.45) is 13.0 Å². The molecule has 0 radical (unpaired) electrons. The van der Waals surface area contributed by atoms with Crippen LogP contribution in [0.15, 0.2) is 30.6 Å². The van der Waals surface area contributed by atoms with Gasteiger partial charge in [-0.05, 0) is 30.0 Å². The first kappa shape index (κ1) is 19.3. The Morgan fingerprint density at radius 1 is 1.26 bits per heavy atom. The average Bonchev–Trinajstić information content (AvgIpc) is 3.35. The summed E-state index contributed by atoms with van der Waals surface area (Å²) in [5, 5.41) is 3.17. The van der Waals surface area contributed by atoms with E-state index in [1.165, 1.54) is 25.7 Å². The molecule has 3 rings (SSSR count). The van der Waals surface area contributed by atoms with Gasteiger partial charge < -0.3 is 19.4 Å². The van der Waals surface area contributed by atoms with Crippen molar-refractivity contribution in [2.45, 2.75) is 44.6 Å². The van der Waals surface area contributed by atoms with Crippen molar-refractivity contribution in [3.05, 3.63) is 42.0 Å². The molecule has 1 aliphatic carbocycles. The molecule has 27 heavy (non-hydrogen) atoms. The van der Waals surface area contributed by atoms with Gasteiger partial charge in [-0.15, -0.1) is 0 Å². The number of ether oxygens (including phenoxy) is 2. The van der Waals surface area contributed by atoms with Crippen molar-refractivity contribution in [3.63, 3.8) is 0 Å². The first-order chi connectivity index (χ1) is 13.1. The standard InChI is InChI=1S/C21H29N3O3/c1-24-13-12-22-21(24)20(16-9-10-17(26-2)18(14-16)27-3)23-19(25)11-8-15-6-4-5-7-15/h9-10,12-15,20H,4-8,11H2,1-3H3,(H,23,25)/t20-/m1/s1. The van der Waals surface area contributed by atoms with Gasteiger partial charge in [-0.3, -0.25) is 4.79 Å². The predicted octanol–water partition coefficient (Wildman–Crippen LogP) is 3.61. The summed E-state index contributed by atoms with van der Waals surface area (Å²) in [5.74, 6) is 2.84. The van der Waals surface area contributed by atoms with Crippen LogP contribution in [0.25, 0.3) is 0 Å². The molecule has 1 atom stereocenters. The molecule has 1 aromatic heterocycles. The second-order valence-electron chi connectivity index (χ2n) is 7.20. The lowest BCUT2D eigenvalue weighted by Gasteiger charge is -2.21. The highest BCUT2D eigenvalue weighted by Crippen LogP contribution is 2.32. The van der Waals surface area contributed by atoms with E-state index in [9.17, 15) is 4.79 Å². The molecule has 0 unspecified atom stereocenters. The van der Waals surface area contributed by atoms with Gasteiger partial charge in [0.2, 0.25) is 5.91 Å². The lowest BCUT2D eigenvalue weighted by atomic mass is 10.0. The molecule has 1 aliphatic rings. The minimum atomic E-state index is -0.333. The fourth-order valence-electron chi connectivity index (χ4n) is 3.85. The number of amides is 1. The van der Waals surface area contributed by atoms with E-state index in [1.807, 2.05) is 36.0 Å². The number of rotatable bonds is 8. The second-order valence-corrected chi connectivity index (χ2v) is 7.20. The van der Waals surface area contributed by atoms with Crippen molar-refractivity contribution >= 4 is 5.91 Å². The summed E-state index contributed by atoms with van der Waals surface area (Å²) in [4.78, 5) is 17.1. The van der Waals surface area contributed by atoms with Crippen molar-refractivity contribution in [2.75, 3.05) is 14.2 Å². The van der Waals surface area contributed by atoms with Crippen molar-refractivity contribution < 1.29 is 14.3 Å². The molecule has 1 heterocycles. The molecule has 1 amide bonds. The quantitative estimate of drug-likeness (QED) is 0.770. The van der Waals surface area contributed by atoms with Gasteiger partial charge >= 0.3 is 0 Å². The molecule has 0 aliphatic heterocycles. The van der Waals surface area contributed by atoms with Gasteiger partial charge in [0.25, 0.3) is 0 Å². The third-order valence-electron chi connectivity index (χ3n) is 5.42. The number of benzene rings is 1. The maximum Gasteiger partial charge on any atom is 0.220 e. The highest BCUT2D eigenvalue weighted by molar-refractivity contribution is 5.76. The van der Waals surface area contributed by atoms with Crippen molar-refractivity contribution in [1.29, 1.82) is 0 Å². The number of aryl methyl sites for hydroxylation is 1. The Labute approximate surface area is 160 Å². The molecule has 6 nitrogen and oxygen atoms in total. The van der Waals surface area contributed by atoms with Crippen LogP contribution in [-0.4, -0.2) is 29.7 Å². The molecule has 1 N–H and O–H groups in total. The van der Waals surface area contributed by atoms with Gasteiger partial charge in [0.15, 0.2) is 11.5 Å². The van der Waals surface area contributed by atoms with Crippen LogP contribution in [-0.2, 0) is 11.8 Å².